The van der Waals surface area contributed by atoms with Crippen LogP contribution in [0.1, 0.15) is 24.3 Å². The molecule has 0 fully saturated rings. The predicted octanol–water partition coefficient (Wildman–Crippen LogP) is 1.56. The standard InChI is InChI=1S/C12H18N6O/c1-4-13-12-15-8(2)7-10(17-12)14-6-5-11-16-9(3)18-19-11/h7H,4-6H2,1-3H3,(H2,13,14,15,17). The van der Waals surface area contributed by atoms with Crippen molar-refractivity contribution in [1.82, 2.24) is 20.1 Å². The number of anilines is 2. The minimum Gasteiger partial charge on any atom is -0.369 e. The van der Waals surface area contributed by atoms with E-state index in [0.717, 1.165) is 18.1 Å². The van der Waals surface area contributed by atoms with Gasteiger partial charge in [0.25, 0.3) is 0 Å². The molecule has 0 spiro atoms. The van der Waals surface area contributed by atoms with E-state index in [9.17, 15) is 0 Å². The quantitative estimate of drug-likeness (QED) is 0.816. The molecule has 0 saturated heterocycles. The summed E-state index contributed by atoms with van der Waals surface area (Å²) in [4.78, 5) is 12.8. The zero-order valence-electron chi connectivity index (χ0n) is 11.4. The van der Waals surface area contributed by atoms with E-state index in [4.69, 9.17) is 4.52 Å². The van der Waals surface area contributed by atoms with Crippen molar-refractivity contribution < 1.29 is 4.52 Å². The van der Waals surface area contributed by atoms with Crippen LogP contribution in [0.4, 0.5) is 11.8 Å². The van der Waals surface area contributed by atoms with E-state index in [1.807, 2.05) is 19.9 Å². The number of aryl methyl sites for hydroxylation is 2. The zero-order valence-corrected chi connectivity index (χ0v) is 11.4. The van der Waals surface area contributed by atoms with E-state index in [1.165, 1.54) is 0 Å². The summed E-state index contributed by atoms with van der Waals surface area (Å²) in [6, 6.07) is 1.90. The van der Waals surface area contributed by atoms with Gasteiger partial charge in [0.05, 0.1) is 0 Å². The highest BCUT2D eigenvalue weighted by atomic mass is 16.5. The normalized spacial score (nSPS) is 10.5. The van der Waals surface area contributed by atoms with Gasteiger partial charge in [0, 0.05) is 31.3 Å². The molecule has 2 N–H and O–H groups in total. The molecule has 2 rings (SSSR count). The lowest BCUT2D eigenvalue weighted by Gasteiger charge is -2.07. The van der Waals surface area contributed by atoms with Crippen molar-refractivity contribution in [3.63, 3.8) is 0 Å². The lowest BCUT2D eigenvalue weighted by atomic mass is 10.4. The van der Waals surface area contributed by atoms with E-state index in [2.05, 4.69) is 30.7 Å². The number of nitrogens with zero attached hydrogens (tertiary/aromatic N) is 4. The van der Waals surface area contributed by atoms with Gasteiger partial charge in [-0.2, -0.15) is 9.97 Å². The molecule has 2 aromatic heterocycles. The van der Waals surface area contributed by atoms with Gasteiger partial charge in [-0.1, -0.05) is 5.16 Å². The number of aromatic nitrogens is 4. The van der Waals surface area contributed by atoms with Crippen LogP contribution in [0.2, 0.25) is 0 Å². The third-order valence-electron chi connectivity index (χ3n) is 2.40. The summed E-state index contributed by atoms with van der Waals surface area (Å²) in [6.45, 7) is 7.23. The molecule has 0 atom stereocenters. The van der Waals surface area contributed by atoms with E-state index < -0.39 is 0 Å². The Labute approximate surface area is 111 Å². The molecule has 0 bridgehead atoms. The molecule has 0 aliphatic heterocycles. The van der Waals surface area contributed by atoms with Gasteiger partial charge in [0.1, 0.15) is 5.82 Å². The maximum atomic E-state index is 5.04. The van der Waals surface area contributed by atoms with E-state index in [0.29, 0.717) is 30.6 Å². The van der Waals surface area contributed by atoms with E-state index in [1.54, 1.807) is 6.92 Å². The summed E-state index contributed by atoms with van der Waals surface area (Å²) in [5.74, 6) is 2.71. The minimum absolute atomic E-state index is 0.627. The summed E-state index contributed by atoms with van der Waals surface area (Å²) in [5, 5.41) is 10.1. The van der Waals surface area contributed by atoms with Crippen LogP contribution < -0.4 is 10.6 Å². The van der Waals surface area contributed by atoms with Crippen LogP contribution in [-0.2, 0) is 6.42 Å². The molecule has 2 aromatic rings. The molecule has 0 saturated carbocycles. The first kappa shape index (κ1) is 13.3. The van der Waals surface area contributed by atoms with Gasteiger partial charge < -0.3 is 15.2 Å². The highest BCUT2D eigenvalue weighted by Crippen LogP contribution is 2.09. The third-order valence-corrected chi connectivity index (χ3v) is 2.40. The molecule has 0 aliphatic rings. The molecule has 0 aliphatic carbocycles. The monoisotopic (exact) mass is 262 g/mol. The van der Waals surface area contributed by atoms with Gasteiger partial charge in [-0.15, -0.1) is 0 Å². The van der Waals surface area contributed by atoms with Crippen LogP contribution in [0, 0.1) is 13.8 Å². The maximum Gasteiger partial charge on any atom is 0.228 e. The smallest absolute Gasteiger partial charge is 0.228 e. The molecule has 0 aromatic carbocycles. The first-order chi connectivity index (χ1) is 9.17. The zero-order chi connectivity index (χ0) is 13.7. The first-order valence-electron chi connectivity index (χ1n) is 6.30. The van der Waals surface area contributed by atoms with Crippen LogP contribution >= 0.6 is 0 Å². The summed E-state index contributed by atoms with van der Waals surface area (Å²) in [7, 11) is 0. The van der Waals surface area contributed by atoms with Crippen molar-refractivity contribution in [3.8, 4) is 0 Å². The average molecular weight is 262 g/mol. The topological polar surface area (TPSA) is 88.8 Å². The SMILES string of the molecule is CCNc1nc(C)cc(NCCc2nc(C)no2)n1. The molecular weight excluding hydrogens is 244 g/mol. The fourth-order valence-corrected chi connectivity index (χ4v) is 1.64. The molecular formula is C12H18N6O. The summed E-state index contributed by atoms with van der Waals surface area (Å²) >= 11 is 0. The fourth-order valence-electron chi connectivity index (χ4n) is 1.64. The second kappa shape index (κ2) is 6.12. The predicted molar refractivity (Wildman–Crippen MR) is 72.2 cm³/mol. The Kier molecular flexibility index (Phi) is 4.27. The van der Waals surface area contributed by atoms with Gasteiger partial charge in [0.2, 0.25) is 11.8 Å². The van der Waals surface area contributed by atoms with Crippen molar-refractivity contribution in [2.75, 3.05) is 23.7 Å². The molecule has 0 unspecified atom stereocenters. The lowest BCUT2D eigenvalue weighted by Crippen LogP contribution is -2.10. The van der Waals surface area contributed by atoms with Crippen LogP contribution in [0.25, 0.3) is 0 Å². The van der Waals surface area contributed by atoms with E-state index in [-0.39, 0.29) is 0 Å². The second-order valence-corrected chi connectivity index (χ2v) is 4.16. The van der Waals surface area contributed by atoms with Gasteiger partial charge in [-0.25, -0.2) is 4.98 Å². The van der Waals surface area contributed by atoms with Crippen LogP contribution in [0.3, 0.4) is 0 Å². The molecule has 2 heterocycles. The number of hydrogen-bond acceptors (Lipinski definition) is 7. The Balaban J connectivity index is 1.91. The van der Waals surface area contributed by atoms with Gasteiger partial charge in [-0.3, -0.25) is 0 Å². The molecule has 7 heteroatoms. The van der Waals surface area contributed by atoms with Gasteiger partial charge in [-0.05, 0) is 20.8 Å². The second-order valence-electron chi connectivity index (χ2n) is 4.16. The Morgan fingerprint density at radius 3 is 2.68 bits per heavy atom. The molecule has 102 valence electrons. The number of rotatable bonds is 6. The average Bonchev–Trinajstić information content (AvgIpc) is 2.75. The van der Waals surface area contributed by atoms with Crippen molar-refractivity contribution >= 4 is 11.8 Å². The molecule has 0 amide bonds. The third kappa shape index (κ3) is 3.90. The maximum absolute atomic E-state index is 5.04. The molecule has 19 heavy (non-hydrogen) atoms. The van der Waals surface area contributed by atoms with Crippen molar-refractivity contribution in [2.45, 2.75) is 27.2 Å². The van der Waals surface area contributed by atoms with Crippen molar-refractivity contribution in [1.29, 1.82) is 0 Å². The van der Waals surface area contributed by atoms with Crippen molar-refractivity contribution in [2.24, 2.45) is 0 Å². The Hall–Kier alpha value is -2.18. The molecule has 0 radical (unpaired) electrons. The first-order valence-corrected chi connectivity index (χ1v) is 6.30. The summed E-state index contributed by atoms with van der Waals surface area (Å²) in [6.07, 6.45) is 0.667. The van der Waals surface area contributed by atoms with Crippen molar-refractivity contribution in [3.05, 3.63) is 23.5 Å². The highest BCUT2D eigenvalue weighted by molar-refractivity contribution is 5.42. The van der Waals surface area contributed by atoms with Crippen LogP contribution in [0.15, 0.2) is 10.6 Å². The largest absolute Gasteiger partial charge is 0.369 e. The summed E-state index contributed by atoms with van der Waals surface area (Å²) < 4.78 is 5.04. The van der Waals surface area contributed by atoms with Gasteiger partial charge in [0.15, 0.2) is 5.82 Å². The number of hydrogen-bond donors (Lipinski definition) is 2. The summed E-state index contributed by atoms with van der Waals surface area (Å²) in [5.41, 5.74) is 0.919. The Bertz CT molecular complexity index is 539. The van der Waals surface area contributed by atoms with Crippen LogP contribution in [0.5, 0.6) is 0 Å². The Morgan fingerprint density at radius 2 is 2.00 bits per heavy atom. The molecule has 7 nitrogen and oxygen atoms in total. The lowest BCUT2D eigenvalue weighted by molar-refractivity contribution is 0.377. The highest BCUT2D eigenvalue weighted by Gasteiger charge is 2.04. The fraction of sp³-hybridized carbons (Fsp3) is 0.500. The minimum atomic E-state index is 0.627. The van der Waals surface area contributed by atoms with E-state index >= 15 is 0 Å². The van der Waals surface area contributed by atoms with Gasteiger partial charge >= 0.3 is 0 Å². The Morgan fingerprint density at radius 1 is 1.16 bits per heavy atom. The number of nitrogens with one attached hydrogen (secondary N) is 2. The van der Waals surface area contributed by atoms with Crippen LogP contribution in [-0.4, -0.2) is 33.2 Å².